The second-order valence-electron chi connectivity index (χ2n) is 8.09. The number of halogens is 3. The summed E-state index contributed by atoms with van der Waals surface area (Å²) in [7, 11) is -2.83. The van der Waals surface area contributed by atoms with Crippen molar-refractivity contribution in [2.24, 2.45) is 0 Å². The molecule has 0 spiro atoms. The van der Waals surface area contributed by atoms with Crippen molar-refractivity contribution in [1.82, 2.24) is 0 Å². The van der Waals surface area contributed by atoms with Gasteiger partial charge in [0.05, 0.1) is 17.8 Å². The number of hydrogen-bond donors (Lipinski definition) is 3. The van der Waals surface area contributed by atoms with Crippen LogP contribution in [0.25, 0.3) is 10.4 Å². The van der Waals surface area contributed by atoms with Gasteiger partial charge in [-0.15, -0.1) is 11.3 Å². The molecule has 3 aromatic carbocycles. The molecule has 1 aromatic heterocycles. The van der Waals surface area contributed by atoms with Gasteiger partial charge in [0.1, 0.15) is 0 Å². The Bertz CT molecular complexity index is 1410. The Labute approximate surface area is 210 Å². The summed E-state index contributed by atoms with van der Waals surface area (Å²) in [6.45, 7) is 0. The number of thiophene rings is 1. The second kappa shape index (κ2) is 10.6. The number of nitrogens with one attached hydrogen (secondary N) is 1. The summed E-state index contributed by atoms with van der Waals surface area (Å²) in [5.74, 6) is -0.395. The van der Waals surface area contributed by atoms with Gasteiger partial charge in [-0.2, -0.15) is 18.1 Å². The number of nitrogens with two attached hydrogens (primary N) is 1. The van der Waals surface area contributed by atoms with Crippen LogP contribution in [0.15, 0.2) is 78.2 Å². The summed E-state index contributed by atoms with van der Waals surface area (Å²) in [5, 5.41) is 4.72. The fourth-order valence-electron chi connectivity index (χ4n) is 3.82. The van der Waals surface area contributed by atoms with Crippen molar-refractivity contribution in [2.45, 2.75) is 19.0 Å². The average Bonchev–Trinajstić information content (AvgIpc) is 3.36. The van der Waals surface area contributed by atoms with Crippen LogP contribution in [-0.2, 0) is 17.4 Å². The van der Waals surface area contributed by atoms with Gasteiger partial charge in [0, 0.05) is 22.4 Å². The zero-order valence-electron chi connectivity index (χ0n) is 18.8. The predicted molar refractivity (Wildman–Crippen MR) is 137 cm³/mol. The van der Waals surface area contributed by atoms with Crippen LogP contribution in [0.2, 0.25) is 0 Å². The topological polar surface area (TPSA) is 92.4 Å². The third-order valence-electron chi connectivity index (χ3n) is 5.55. The standard InChI is InChI=1S/C26H20F3N2O3PS/c27-26(28,29)15-19-3-1-4-23(35(33)34)20(19)13-16-6-8-17(9-7-16)25(32)31-22-14-18(10-11-21(22)30)24-5-2-12-36-24/h1-12,14H,13,15,30H2,(H-,31,32,33,34)/p+1. The lowest BCUT2D eigenvalue weighted by Gasteiger charge is -2.13. The Kier molecular flexibility index (Phi) is 7.54. The number of rotatable bonds is 7. The first-order valence-corrected chi connectivity index (χ1v) is 12.9. The number of carbonyl (C=O) groups excluding carboxylic acids is 1. The molecule has 1 unspecified atom stereocenters. The van der Waals surface area contributed by atoms with Crippen molar-refractivity contribution in [3.63, 3.8) is 0 Å². The molecule has 10 heteroatoms. The van der Waals surface area contributed by atoms with E-state index in [9.17, 15) is 27.4 Å². The molecule has 184 valence electrons. The van der Waals surface area contributed by atoms with Crippen LogP contribution in [0.1, 0.15) is 27.0 Å². The molecule has 1 heterocycles. The lowest BCUT2D eigenvalue weighted by atomic mass is 9.97. The maximum Gasteiger partial charge on any atom is 0.546 e. The fraction of sp³-hybridized carbons (Fsp3) is 0.115. The summed E-state index contributed by atoms with van der Waals surface area (Å²) in [6.07, 6.45) is -5.65. The monoisotopic (exact) mass is 529 g/mol. The summed E-state index contributed by atoms with van der Waals surface area (Å²) in [4.78, 5) is 23.5. The van der Waals surface area contributed by atoms with E-state index in [2.05, 4.69) is 5.32 Å². The molecule has 0 saturated heterocycles. The van der Waals surface area contributed by atoms with Crippen molar-refractivity contribution in [1.29, 1.82) is 0 Å². The third kappa shape index (κ3) is 6.18. The summed E-state index contributed by atoms with van der Waals surface area (Å²) in [6, 6.07) is 19.6. The predicted octanol–water partition coefficient (Wildman–Crippen LogP) is 6.31. The highest BCUT2D eigenvalue weighted by Crippen LogP contribution is 2.31. The van der Waals surface area contributed by atoms with Gasteiger partial charge in [-0.25, -0.2) is 0 Å². The van der Waals surface area contributed by atoms with Gasteiger partial charge in [-0.05, 0) is 63.0 Å². The van der Waals surface area contributed by atoms with Gasteiger partial charge in [-0.3, -0.25) is 4.79 Å². The van der Waals surface area contributed by atoms with E-state index in [1.807, 2.05) is 23.6 Å². The summed E-state index contributed by atoms with van der Waals surface area (Å²) >= 11 is 1.56. The van der Waals surface area contributed by atoms with E-state index in [1.54, 1.807) is 47.7 Å². The van der Waals surface area contributed by atoms with Crippen LogP contribution < -0.4 is 16.4 Å². The second-order valence-corrected chi connectivity index (χ2v) is 10.1. The minimum atomic E-state index is -4.46. The van der Waals surface area contributed by atoms with E-state index < -0.39 is 26.5 Å². The first kappa shape index (κ1) is 25.6. The van der Waals surface area contributed by atoms with Gasteiger partial charge < -0.3 is 11.1 Å². The number of anilines is 2. The Balaban J connectivity index is 1.54. The molecule has 4 aromatic rings. The Morgan fingerprint density at radius 1 is 1.03 bits per heavy atom. The van der Waals surface area contributed by atoms with Crippen molar-refractivity contribution < 1.29 is 27.4 Å². The largest absolute Gasteiger partial charge is 0.546 e. The zero-order chi connectivity index (χ0) is 25.9. The molecule has 5 nitrogen and oxygen atoms in total. The van der Waals surface area contributed by atoms with Gasteiger partial charge in [0.25, 0.3) is 5.91 Å². The normalized spacial score (nSPS) is 11.8. The van der Waals surface area contributed by atoms with Crippen molar-refractivity contribution in [3.8, 4) is 10.4 Å². The van der Waals surface area contributed by atoms with Gasteiger partial charge in [-0.1, -0.05) is 36.4 Å². The van der Waals surface area contributed by atoms with Crippen LogP contribution >= 0.6 is 19.4 Å². The van der Waals surface area contributed by atoms with Crippen LogP contribution in [0.5, 0.6) is 0 Å². The quantitative estimate of drug-likeness (QED) is 0.193. The van der Waals surface area contributed by atoms with Gasteiger partial charge in [0.2, 0.25) is 5.30 Å². The lowest BCUT2D eigenvalue weighted by molar-refractivity contribution is -0.127. The molecule has 0 aliphatic rings. The molecule has 0 fully saturated rings. The molecule has 0 aliphatic carbocycles. The Hall–Kier alpha value is -3.52. The molecule has 0 radical (unpaired) electrons. The van der Waals surface area contributed by atoms with Gasteiger partial charge >= 0.3 is 14.2 Å². The number of hydrogen-bond acceptors (Lipinski definition) is 4. The van der Waals surface area contributed by atoms with Crippen molar-refractivity contribution in [2.75, 3.05) is 11.1 Å². The number of benzene rings is 3. The lowest BCUT2D eigenvalue weighted by Crippen LogP contribution is -2.18. The molecule has 1 atom stereocenters. The maximum absolute atomic E-state index is 13.1. The highest BCUT2D eigenvalue weighted by atomic mass is 32.1. The summed E-state index contributed by atoms with van der Waals surface area (Å²) in [5.41, 5.74) is 8.86. The molecule has 0 saturated carbocycles. The molecule has 36 heavy (non-hydrogen) atoms. The number of alkyl halides is 3. The van der Waals surface area contributed by atoms with E-state index in [0.29, 0.717) is 22.5 Å². The van der Waals surface area contributed by atoms with E-state index in [4.69, 9.17) is 5.73 Å². The summed E-state index contributed by atoms with van der Waals surface area (Å²) < 4.78 is 51.0. The first-order chi connectivity index (χ1) is 17.1. The number of carbonyl (C=O) groups is 1. The number of amides is 1. The number of nitrogen functional groups attached to an aromatic ring is 1. The molecule has 4 rings (SSSR count). The first-order valence-electron chi connectivity index (χ1n) is 10.8. The highest BCUT2D eigenvalue weighted by molar-refractivity contribution is 7.47. The molecule has 0 aliphatic heterocycles. The SMILES string of the molecule is Nc1ccc(-c2cccs2)cc1NC(=O)c1ccc(Cc2c(CC(F)(F)F)cccc2[P+](=O)O)cc1. The van der Waals surface area contributed by atoms with E-state index in [-0.39, 0.29) is 22.9 Å². The van der Waals surface area contributed by atoms with E-state index >= 15 is 0 Å². The molecule has 0 bridgehead atoms. The molecule has 1 amide bonds. The zero-order valence-corrected chi connectivity index (χ0v) is 20.5. The average molecular weight is 530 g/mol. The van der Waals surface area contributed by atoms with Gasteiger partial charge in [0.15, 0.2) is 0 Å². The van der Waals surface area contributed by atoms with Crippen LogP contribution in [0.3, 0.4) is 0 Å². The third-order valence-corrected chi connectivity index (χ3v) is 7.30. The maximum atomic E-state index is 13.1. The van der Waals surface area contributed by atoms with Crippen molar-refractivity contribution in [3.05, 3.63) is 100 Å². The Morgan fingerprint density at radius 3 is 2.42 bits per heavy atom. The minimum absolute atomic E-state index is 0.0148. The minimum Gasteiger partial charge on any atom is -0.397 e. The van der Waals surface area contributed by atoms with E-state index in [0.717, 1.165) is 10.4 Å². The highest BCUT2D eigenvalue weighted by Gasteiger charge is 2.32. The van der Waals surface area contributed by atoms with Crippen LogP contribution in [0, 0.1) is 0 Å². The van der Waals surface area contributed by atoms with Crippen LogP contribution in [-0.4, -0.2) is 17.0 Å². The molecular formula is C26H21F3N2O3PS+. The smallest absolute Gasteiger partial charge is 0.397 e. The van der Waals surface area contributed by atoms with E-state index in [1.165, 1.54) is 18.2 Å². The van der Waals surface area contributed by atoms with Crippen LogP contribution in [0.4, 0.5) is 24.5 Å². The fourth-order valence-corrected chi connectivity index (χ4v) is 5.21. The van der Waals surface area contributed by atoms with Crippen molar-refractivity contribution >= 4 is 42.0 Å². The Morgan fingerprint density at radius 2 is 1.78 bits per heavy atom. The molecule has 4 N–H and O–H groups in total. The molecular weight excluding hydrogens is 508 g/mol.